The second kappa shape index (κ2) is 3.65. The van der Waals surface area contributed by atoms with Crippen LogP contribution in [0.4, 0.5) is 22.0 Å². The quantitative estimate of drug-likeness (QED) is 0.722. The molecule has 1 aromatic rings. The topological polar surface area (TPSA) is 46.2 Å². The molecule has 2 nitrogen and oxygen atoms in total. The van der Waals surface area contributed by atoms with Crippen LogP contribution in [0, 0.1) is 11.6 Å². The number of hydrogen-bond acceptors (Lipinski definition) is 2. The Morgan fingerprint density at radius 1 is 1.13 bits per heavy atom. The first-order chi connectivity index (χ1) is 6.75. The van der Waals surface area contributed by atoms with E-state index in [0.29, 0.717) is 12.1 Å². The molecule has 1 rings (SSSR count). The van der Waals surface area contributed by atoms with Crippen LogP contribution in [0.2, 0.25) is 0 Å². The molecule has 0 fully saturated rings. The van der Waals surface area contributed by atoms with E-state index in [9.17, 15) is 22.0 Å². The molecular formula is C8H6F5NO. The van der Waals surface area contributed by atoms with Gasteiger partial charge in [0.05, 0.1) is 0 Å². The van der Waals surface area contributed by atoms with E-state index in [1.54, 1.807) is 0 Å². The smallest absolute Gasteiger partial charge is 0.407 e. The Hall–Kier alpha value is -1.37. The highest BCUT2D eigenvalue weighted by Crippen LogP contribution is 2.34. The molecule has 0 saturated carbocycles. The molecule has 0 unspecified atom stereocenters. The number of alkyl halides is 3. The van der Waals surface area contributed by atoms with Gasteiger partial charge in [0.15, 0.2) is 11.6 Å². The van der Waals surface area contributed by atoms with E-state index in [1.165, 1.54) is 0 Å². The Bertz CT molecular complexity index is 376. The van der Waals surface area contributed by atoms with Gasteiger partial charge in [-0.15, -0.1) is 0 Å². The highest BCUT2D eigenvalue weighted by molar-refractivity contribution is 5.32. The van der Waals surface area contributed by atoms with Gasteiger partial charge in [-0.3, -0.25) is 0 Å². The molecular weight excluding hydrogens is 221 g/mol. The lowest BCUT2D eigenvalue weighted by atomic mass is 10.1. The average Bonchev–Trinajstić information content (AvgIpc) is 2.12. The molecule has 7 heteroatoms. The summed E-state index contributed by atoms with van der Waals surface area (Å²) in [6, 6.07) is -1.42. The van der Waals surface area contributed by atoms with Crippen LogP contribution in [0.15, 0.2) is 12.1 Å². The molecule has 3 N–H and O–H groups in total. The molecule has 0 radical (unpaired) electrons. The zero-order valence-corrected chi connectivity index (χ0v) is 7.15. The summed E-state index contributed by atoms with van der Waals surface area (Å²) in [6.45, 7) is 0. The van der Waals surface area contributed by atoms with Gasteiger partial charge < -0.3 is 10.8 Å². The van der Waals surface area contributed by atoms with Gasteiger partial charge in [-0.1, -0.05) is 6.07 Å². The predicted molar refractivity (Wildman–Crippen MR) is 41.0 cm³/mol. The van der Waals surface area contributed by atoms with Crippen LogP contribution in [0.5, 0.6) is 5.75 Å². The van der Waals surface area contributed by atoms with Gasteiger partial charge in [-0.25, -0.2) is 4.39 Å². The largest absolute Gasteiger partial charge is 0.505 e. The first kappa shape index (κ1) is 11.7. The number of hydrogen-bond donors (Lipinski definition) is 2. The molecule has 84 valence electrons. The maximum Gasteiger partial charge on any atom is 0.407 e. The number of benzene rings is 1. The summed E-state index contributed by atoms with van der Waals surface area (Å²) >= 11 is 0. The number of aromatic hydroxyl groups is 1. The third-order valence-corrected chi connectivity index (χ3v) is 1.78. The van der Waals surface area contributed by atoms with E-state index in [0.717, 1.165) is 0 Å². The van der Waals surface area contributed by atoms with Crippen molar-refractivity contribution >= 4 is 0 Å². The molecule has 0 heterocycles. The minimum absolute atomic E-state index is 0.589. The molecule has 1 aromatic carbocycles. The first-order valence-electron chi connectivity index (χ1n) is 3.74. The monoisotopic (exact) mass is 227 g/mol. The van der Waals surface area contributed by atoms with Gasteiger partial charge in [-0.2, -0.15) is 17.6 Å². The van der Waals surface area contributed by atoms with E-state index in [1.807, 2.05) is 0 Å². The van der Waals surface area contributed by atoms with Crippen LogP contribution in [-0.2, 0) is 0 Å². The zero-order chi connectivity index (χ0) is 11.8. The summed E-state index contributed by atoms with van der Waals surface area (Å²) in [5, 5.41) is 8.67. The third kappa shape index (κ3) is 2.17. The van der Waals surface area contributed by atoms with Crippen molar-refractivity contribution in [2.24, 2.45) is 5.73 Å². The van der Waals surface area contributed by atoms with Gasteiger partial charge in [0, 0.05) is 5.56 Å². The maximum absolute atomic E-state index is 12.9. The second-order valence-electron chi connectivity index (χ2n) is 2.82. The molecule has 0 aromatic heterocycles. The lowest BCUT2D eigenvalue weighted by Crippen LogP contribution is -2.29. The fourth-order valence-corrected chi connectivity index (χ4v) is 0.971. The molecule has 0 aliphatic rings. The standard InChI is InChI=1S/C8H6F5NO/c9-5-3(7(14)8(11,12)13)1-2-4(15)6(5)10/h1-2,7,15H,14H2/t7-/m1/s1. The van der Waals surface area contributed by atoms with Gasteiger partial charge >= 0.3 is 6.18 Å². The van der Waals surface area contributed by atoms with E-state index >= 15 is 0 Å². The maximum atomic E-state index is 12.9. The fraction of sp³-hybridized carbons (Fsp3) is 0.250. The van der Waals surface area contributed by atoms with E-state index < -0.39 is 35.2 Å². The second-order valence-corrected chi connectivity index (χ2v) is 2.82. The Kier molecular flexibility index (Phi) is 2.85. The summed E-state index contributed by atoms with van der Waals surface area (Å²) in [5.74, 6) is -4.60. The Labute approximate surface area is 81.1 Å². The highest BCUT2D eigenvalue weighted by atomic mass is 19.4. The van der Waals surface area contributed by atoms with Gasteiger partial charge in [0.1, 0.15) is 6.04 Å². The van der Waals surface area contributed by atoms with Crippen molar-refractivity contribution in [2.45, 2.75) is 12.2 Å². The molecule has 0 aliphatic heterocycles. The van der Waals surface area contributed by atoms with Crippen LogP contribution in [0.3, 0.4) is 0 Å². The third-order valence-electron chi connectivity index (χ3n) is 1.78. The van der Waals surface area contributed by atoms with Gasteiger partial charge in [0.25, 0.3) is 0 Å². The summed E-state index contributed by atoms with van der Waals surface area (Å²) in [5.41, 5.74) is 3.63. The summed E-state index contributed by atoms with van der Waals surface area (Å²) in [4.78, 5) is 0. The lowest BCUT2D eigenvalue weighted by molar-refractivity contribution is -0.149. The van der Waals surface area contributed by atoms with E-state index in [2.05, 4.69) is 5.73 Å². The van der Waals surface area contributed by atoms with Crippen molar-refractivity contribution < 1.29 is 27.1 Å². The van der Waals surface area contributed by atoms with Gasteiger partial charge in [-0.05, 0) is 6.07 Å². The number of phenolic OH excluding ortho intramolecular Hbond substituents is 1. The van der Waals surface area contributed by atoms with Crippen LogP contribution >= 0.6 is 0 Å². The zero-order valence-electron chi connectivity index (χ0n) is 7.15. The van der Waals surface area contributed by atoms with Crippen LogP contribution in [0.25, 0.3) is 0 Å². The van der Waals surface area contributed by atoms with Crippen molar-refractivity contribution in [3.05, 3.63) is 29.3 Å². The molecule has 0 amide bonds. The van der Waals surface area contributed by atoms with Crippen molar-refractivity contribution in [3.63, 3.8) is 0 Å². The van der Waals surface area contributed by atoms with Crippen molar-refractivity contribution in [2.75, 3.05) is 0 Å². The fourth-order valence-electron chi connectivity index (χ4n) is 0.971. The lowest BCUT2D eigenvalue weighted by Gasteiger charge is -2.16. The Balaban J connectivity index is 3.23. The molecule has 0 aliphatic carbocycles. The number of nitrogens with two attached hydrogens (primary N) is 1. The minimum Gasteiger partial charge on any atom is -0.505 e. The number of phenols is 1. The van der Waals surface area contributed by atoms with E-state index in [4.69, 9.17) is 5.11 Å². The Morgan fingerprint density at radius 2 is 1.67 bits per heavy atom. The number of halogens is 5. The SMILES string of the molecule is N[C@H](c1ccc(O)c(F)c1F)C(F)(F)F. The molecule has 1 atom stereocenters. The minimum atomic E-state index is -4.87. The molecule has 0 bridgehead atoms. The molecule has 15 heavy (non-hydrogen) atoms. The van der Waals surface area contributed by atoms with Crippen molar-refractivity contribution in [1.82, 2.24) is 0 Å². The van der Waals surface area contributed by atoms with Crippen LogP contribution < -0.4 is 5.73 Å². The normalized spacial score (nSPS) is 14.0. The Morgan fingerprint density at radius 3 is 2.13 bits per heavy atom. The summed E-state index contributed by atoms with van der Waals surface area (Å²) < 4.78 is 61.8. The first-order valence-corrected chi connectivity index (χ1v) is 3.74. The van der Waals surface area contributed by atoms with Gasteiger partial charge in [0.2, 0.25) is 5.82 Å². The summed E-state index contributed by atoms with van der Waals surface area (Å²) in [7, 11) is 0. The highest BCUT2D eigenvalue weighted by Gasteiger charge is 2.40. The average molecular weight is 227 g/mol. The summed E-state index contributed by atoms with van der Waals surface area (Å²) in [6.07, 6.45) is -4.87. The van der Waals surface area contributed by atoms with Crippen LogP contribution in [-0.4, -0.2) is 11.3 Å². The molecule has 0 spiro atoms. The van der Waals surface area contributed by atoms with E-state index in [-0.39, 0.29) is 0 Å². The molecule has 0 saturated heterocycles. The predicted octanol–water partition coefficient (Wildman–Crippen LogP) is 2.23. The van der Waals surface area contributed by atoms with Crippen molar-refractivity contribution in [3.8, 4) is 5.75 Å². The van der Waals surface area contributed by atoms with Crippen LogP contribution in [0.1, 0.15) is 11.6 Å². The van der Waals surface area contributed by atoms with Crippen molar-refractivity contribution in [1.29, 1.82) is 0 Å². The number of rotatable bonds is 1.